The number of carbonyl (C=O) groups is 1. The maximum Gasteiger partial charge on any atom is 0.174 e. The first-order chi connectivity index (χ1) is 11.2. The van der Waals surface area contributed by atoms with Crippen molar-refractivity contribution in [1.29, 1.82) is 0 Å². The molecular formula is C19H22O4. The van der Waals surface area contributed by atoms with Gasteiger partial charge in [-0.2, -0.15) is 0 Å². The van der Waals surface area contributed by atoms with E-state index in [-0.39, 0.29) is 17.8 Å². The number of ketones is 1. The maximum atomic E-state index is 13.0. The summed E-state index contributed by atoms with van der Waals surface area (Å²) in [7, 11) is 4.92. The molecule has 1 aromatic rings. The molecule has 0 fully saturated rings. The minimum Gasteiger partial charge on any atom is -0.497 e. The van der Waals surface area contributed by atoms with Gasteiger partial charge in [0.1, 0.15) is 11.5 Å². The van der Waals surface area contributed by atoms with Crippen molar-refractivity contribution in [3.63, 3.8) is 0 Å². The highest BCUT2D eigenvalue weighted by Gasteiger charge is 2.33. The summed E-state index contributed by atoms with van der Waals surface area (Å²) < 4.78 is 16.1. The lowest BCUT2D eigenvalue weighted by molar-refractivity contribution is 0.0920. The molecule has 0 N–H and O–H groups in total. The number of Topliss-reactive ketones (excluding diaryl/α,β-unsaturated/α-hetero) is 1. The van der Waals surface area contributed by atoms with Gasteiger partial charge >= 0.3 is 0 Å². The molecule has 1 aromatic carbocycles. The molecule has 122 valence electrons. The number of aryl methyl sites for hydroxylation is 1. The van der Waals surface area contributed by atoms with Crippen molar-refractivity contribution in [2.24, 2.45) is 5.92 Å². The fourth-order valence-corrected chi connectivity index (χ4v) is 3.37. The Morgan fingerprint density at radius 2 is 1.96 bits per heavy atom. The monoisotopic (exact) mass is 314 g/mol. The molecule has 0 saturated heterocycles. The van der Waals surface area contributed by atoms with E-state index in [1.54, 1.807) is 27.4 Å². The summed E-state index contributed by atoms with van der Waals surface area (Å²) in [5.41, 5.74) is 2.80. The molecule has 2 aliphatic rings. The van der Waals surface area contributed by atoms with Gasteiger partial charge < -0.3 is 14.2 Å². The van der Waals surface area contributed by atoms with Gasteiger partial charge in [0, 0.05) is 19.1 Å². The molecule has 2 unspecified atom stereocenters. The molecule has 0 heterocycles. The van der Waals surface area contributed by atoms with E-state index in [0.29, 0.717) is 11.3 Å². The van der Waals surface area contributed by atoms with Gasteiger partial charge in [-0.05, 0) is 36.5 Å². The Balaban J connectivity index is 1.92. The van der Waals surface area contributed by atoms with Crippen LogP contribution in [0.1, 0.15) is 28.8 Å². The minimum absolute atomic E-state index is 0.0983. The van der Waals surface area contributed by atoms with Crippen LogP contribution >= 0.6 is 0 Å². The van der Waals surface area contributed by atoms with Crippen molar-refractivity contribution >= 4 is 5.78 Å². The number of allylic oxidation sites excluding steroid dienone is 2. The van der Waals surface area contributed by atoms with Crippen molar-refractivity contribution < 1.29 is 19.0 Å². The Labute approximate surface area is 136 Å². The summed E-state index contributed by atoms with van der Waals surface area (Å²) in [6, 6.07) is 3.73. The highest BCUT2D eigenvalue weighted by atomic mass is 16.5. The first kappa shape index (κ1) is 15.8. The van der Waals surface area contributed by atoms with Gasteiger partial charge in [0.15, 0.2) is 5.78 Å². The van der Waals surface area contributed by atoms with E-state index in [1.165, 1.54) is 0 Å². The number of ether oxygens (including phenoxy) is 3. The van der Waals surface area contributed by atoms with E-state index in [4.69, 9.17) is 14.2 Å². The average Bonchev–Trinajstić information content (AvgIpc) is 2.61. The predicted octanol–water partition coefficient (Wildman–Crippen LogP) is 3.35. The molecule has 0 aromatic heterocycles. The quantitative estimate of drug-likeness (QED) is 0.855. The Hall–Kier alpha value is -2.07. The molecule has 2 atom stereocenters. The first-order valence-electron chi connectivity index (χ1n) is 7.88. The standard InChI is InChI=1S/C19H22O4/c1-21-14-7-4-12(5-8-14)16-9-6-13-10-15(22-2)11-17(23-3)18(13)19(16)20/h4-5,7,10-11,14,16H,6,8-9H2,1-3H3. The van der Waals surface area contributed by atoms with Crippen molar-refractivity contribution in [3.8, 4) is 11.5 Å². The fraction of sp³-hybridized carbons (Fsp3) is 0.421. The van der Waals surface area contributed by atoms with Gasteiger partial charge in [0.05, 0.1) is 25.9 Å². The number of carbonyl (C=O) groups excluding carboxylic acids is 1. The molecular weight excluding hydrogens is 292 g/mol. The van der Waals surface area contributed by atoms with Crippen molar-refractivity contribution in [1.82, 2.24) is 0 Å². The van der Waals surface area contributed by atoms with E-state index in [1.807, 2.05) is 18.2 Å². The number of methoxy groups -OCH3 is 3. The van der Waals surface area contributed by atoms with Gasteiger partial charge in [-0.3, -0.25) is 4.79 Å². The SMILES string of the molecule is COc1cc2c(c(OC)c1)C(=O)C(C1=CCC(OC)C=C1)CC2. The third-order valence-electron chi connectivity index (χ3n) is 4.67. The van der Waals surface area contributed by atoms with E-state index >= 15 is 0 Å². The highest BCUT2D eigenvalue weighted by molar-refractivity contribution is 6.04. The smallest absolute Gasteiger partial charge is 0.174 e. The molecule has 4 heteroatoms. The molecule has 0 aliphatic heterocycles. The van der Waals surface area contributed by atoms with Crippen LogP contribution < -0.4 is 9.47 Å². The van der Waals surface area contributed by atoms with Crippen LogP contribution in [0.15, 0.2) is 35.9 Å². The van der Waals surface area contributed by atoms with Gasteiger partial charge in [-0.15, -0.1) is 0 Å². The average molecular weight is 314 g/mol. The second kappa shape index (κ2) is 6.59. The van der Waals surface area contributed by atoms with Crippen LogP contribution in [-0.2, 0) is 11.2 Å². The molecule has 23 heavy (non-hydrogen) atoms. The zero-order chi connectivity index (χ0) is 16.4. The first-order valence-corrected chi connectivity index (χ1v) is 7.88. The molecule has 0 spiro atoms. The Morgan fingerprint density at radius 3 is 2.57 bits per heavy atom. The summed E-state index contributed by atoms with van der Waals surface area (Å²) in [5, 5.41) is 0. The molecule has 0 bridgehead atoms. The van der Waals surface area contributed by atoms with Crippen LogP contribution in [0.2, 0.25) is 0 Å². The number of benzene rings is 1. The van der Waals surface area contributed by atoms with Crippen molar-refractivity contribution in [2.45, 2.75) is 25.4 Å². The molecule has 2 aliphatic carbocycles. The molecule has 0 radical (unpaired) electrons. The largest absolute Gasteiger partial charge is 0.497 e. The summed E-state index contributed by atoms with van der Waals surface area (Å²) in [6.45, 7) is 0. The summed E-state index contributed by atoms with van der Waals surface area (Å²) in [5.74, 6) is 1.37. The number of hydrogen-bond donors (Lipinski definition) is 0. The van der Waals surface area contributed by atoms with Gasteiger partial charge in [-0.1, -0.05) is 18.2 Å². The number of fused-ring (bicyclic) bond motifs is 1. The Morgan fingerprint density at radius 1 is 1.13 bits per heavy atom. The predicted molar refractivity (Wildman–Crippen MR) is 88.3 cm³/mol. The van der Waals surface area contributed by atoms with Crippen LogP contribution in [-0.4, -0.2) is 33.2 Å². The third kappa shape index (κ3) is 2.91. The highest BCUT2D eigenvalue weighted by Crippen LogP contribution is 2.39. The number of rotatable bonds is 4. The molecule has 0 saturated carbocycles. The van der Waals surface area contributed by atoms with Crippen LogP contribution in [0.4, 0.5) is 0 Å². The number of hydrogen-bond acceptors (Lipinski definition) is 4. The van der Waals surface area contributed by atoms with Crippen molar-refractivity contribution in [2.75, 3.05) is 21.3 Å². The topological polar surface area (TPSA) is 44.8 Å². The zero-order valence-electron chi connectivity index (χ0n) is 13.8. The Kier molecular flexibility index (Phi) is 4.53. The van der Waals surface area contributed by atoms with Gasteiger partial charge in [0.25, 0.3) is 0 Å². The zero-order valence-corrected chi connectivity index (χ0v) is 13.8. The van der Waals surface area contributed by atoms with Crippen LogP contribution in [0.5, 0.6) is 11.5 Å². The lowest BCUT2D eigenvalue weighted by atomic mass is 9.77. The van der Waals surface area contributed by atoms with Gasteiger partial charge in [-0.25, -0.2) is 0 Å². The van der Waals surface area contributed by atoms with E-state index < -0.39 is 0 Å². The summed E-state index contributed by atoms with van der Waals surface area (Å²) >= 11 is 0. The molecule has 0 amide bonds. The second-order valence-electron chi connectivity index (χ2n) is 5.89. The summed E-state index contributed by atoms with van der Waals surface area (Å²) in [6.07, 6.45) is 8.78. The normalized spacial score (nSPS) is 23.3. The van der Waals surface area contributed by atoms with Crippen LogP contribution in [0.3, 0.4) is 0 Å². The fourth-order valence-electron chi connectivity index (χ4n) is 3.37. The van der Waals surface area contributed by atoms with Crippen molar-refractivity contribution in [3.05, 3.63) is 47.1 Å². The van der Waals surface area contributed by atoms with Crippen LogP contribution in [0.25, 0.3) is 0 Å². The van der Waals surface area contributed by atoms with Crippen LogP contribution in [0, 0.1) is 5.92 Å². The Bertz CT molecular complexity index is 655. The molecule has 4 nitrogen and oxygen atoms in total. The lowest BCUT2D eigenvalue weighted by Crippen LogP contribution is -2.26. The molecule has 3 rings (SSSR count). The second-order valence-corrected chi connectivity index (χ2v) is 5.89. The van der Waals surface area contributed by atoms with E-state index in [9.17, 15) is 4.79 Å². The third-order valence-corrected chi connectivity index (χ3v) is 4.67. The van der Waals surface area contributed by atoms with E-state index in [0.717, 1.165) is 36.1 Å². The summed E-state index contributed by atoms with van der Waals surface area (Å²) in [4.78, 5) is 13.0. The minimum atomic E-state index is -0.0983. The van der Waals surface area contributed by atoms with E-state index in [2.05, 4.69) is 6.08 Å². The van der Waals surface area contributed by atoms with Gasteiger partial charge in [0.2, 0.25) is 0 Å². The lowest BCUT2D eigenvalue weighted by Gasteiger charge is -2.28. The maximum absolute atomic E-state index is 13.0.